The Morgan fingerprint density at radius 3 is 2.72 bits per heavy atom. The number of carbonyl (C=O) groups is 3. The zero-order valence-corrected chi connectivity index (χ0v) is 16.8. The second-order valence-electron chi connectivity index (χ2n) is 7.64. The van der Waals surface area contributed by atoms with E-state index in [9.17, 15) is 14.4 Å². The lowest BCUT2D eigenvalue weighted by molar-refractivity contribution is -0.135. The van der Waals surface area contributed by atoms with Gasteiger partial charge in [-0.15, -0.1) is 0 Å². The fourth-order valence-electron chi connectivity index (χ4n) is 4.18. The van der Waals surface area contributed by atoms with Crippen LogP contribution in [0.4, 0.5) is 4.79 Å². The predicted octanol–water partition coefficient (Wildman–Crippen LogP) is 3.30. The van der Waals surface area contributed by atoms with E-state index in [0.717, 1.165) is 29.7 Å². The van der Waals surface area contributed by atoms with Gasteiger partial charge in [-0.3, -0.25) is 14.5 Å². The highest BCUT2D eigenvalue weighted by atomic mass is 35.5. The van der Waals surface area contributed by atoms with Gasteiger partial charge in [0, 0.05) is 10.6 Å². The van der Waals surface area contributed by atoms with E-state index in [1.54, 1.807) is 31.2 Å². The van der Waals surface area contributed by atoms with Crippen LogP contribution in [0.3, 0.4) is 0 Å². The van der Waals surface area contributed by atoms with Crippen LogP contribution in [0, 0.1) is 0 Å². The Hall–Kier alpha value is -2.86. The summed E-state index contributed by atoms with van der Waals surface area (Å²) in [5, 5.41) is 6.05. The molecule has 1 aliphatic heterocycles. The fraction of sp³-hybridized carbons (Fsp3) is 0.318. The summed E-state index contributed by atoms with van der Waals surface area (Å²) in [5.41, 5.74) is 1.53. The molecule has 2 unspecified atom stereocenters. The van der Waals surface area contributed by atoms with Crippen molar-refractivity contribution in [3.63, 3.8) is 0 Å². The first-order valence-corrected chi connectivity index (χ1v) is 10.0. The molecular weight excluding hydrogens is 390 g/mol. The average Bonchev–Trinajstić information content (AvgIpc) is 2.92. The number of benzene rings is 2. The normalized spacial score (nSPS) is 23.5. The molecule has 2 aliphatic rings. The Kier molecular flexibility index (Phi) is 5.04. The summed E-state index contributed by atoms with van der Waals surface area (Å²) >= 11 is 6.24. The van der Waals surface area contributed by atoms with E-state index < -0.39 is 17.5 Å². The Bertz CT molecular complexity index is 993. The van der Waals surface area contributed by atoms with E-state index in [4.69, 9.17) is 11.6 Å². The van der Waals surface area contributed by atoms with E-state index in [1.165, 1.54) is 5.56 Å². The third-order valence-corrected chi connectivity index (χ3v) is 6.02. The second kappa shape index (κ2) is 7.52. The molecule has 4 rings (SSSR count). The lowest BCUT2D eigenvalue weighted by atomic mass is 9.88. The number of rotatable bonds is 4. The number of urea groups is 1. The minimum atomic E-state index is -1.30. The number of aryl methyl sites for hydroxylation is 1. The third kappa shape index (κ3) is 3.49. The highest BCUT2D eigenvalue weighted by Crippen LogP contribution is 2.33. The topological polar surface area (TPSA) is 78.5 Å². The van der Waals surface area contributed by atoms with E-state index in [-0.39, 0.29) is 18.5 Å². The van der Waals surface area contributed by atoms with Crippen molar-refractivity contribution >= 4 is 29.4 Å². The SMILES string of the molecule is CC1(c2ccccc2Cl)NC(=O)N(CC(=O)NC2CCCc3ccccc32)C1=O. The number of nitrogens with zero attached hydrogens (tertiary/aromatic N) is 1. The van der Waals surface area contributed by atoms with Crippen molar-refractivity contribution in [3.8, 4) is 0 Å². The highest BCUT2D eigenvalue weighted by molar-refractivity contribution is 6.32. The number of fused-ring (bicyclic) bond motifs is 1. The molecule has 1 saturated heterocycles. The monoisotopic (exact) mass is 411 g/mol. The Morgan fingerprint density at radius 1 is 1.21 bits per heavy atom. The van der Waals surface area contributed by atoms with Gasteiger partial charge in [-0.2, -0.15) is 0 Å². The van der Waals surface area contributed by atoms with Crippen molar-refractivity contribution in [3.05, 3.63) is 70.2 Å². The van der Waals surface area contributed by atoms with Gasteiger partial charge in [0.1, 0.15) is 12.1 Å². The number of carbonyl (C=O) groups excluding carboxylic acids is 3. The van der Waals surface area contributed by atoms with Crippen LogP contribution in [-0.2, 0) is 21.5 Å². The lowest BCUT2D eigenvalue weighted by Gasteiger charge is -2.27. The lowest BCUT2D eigenvalue weighted by Crippen LogP contribution is -2.44. The average molecular weight is 412 g/mol. The smallest absolute Gasteiger partial charge is 0.325 e. The van der Waals surface area contributed by atoms with Crippen LogP contribution in [-0.4, -0.2) is 29.3 Å². The molecule has 0 bridgehead atoms. The van der Waals surface area contributed by atoms with Gasteiger partial charge in [0.15, 0.2) is 0 Å². The van der Waals surface area contributed by atoms with Crippen molar-refractivity contribution in [2.45, 2.75) is 37.8 Å². The van der Waals surface area contributed by atoms with Crippen molar-refractivity contribution in [2.75, 3.05) is 6.54 Å². The van der Waals surface area contributed by atoms with Gasteiger partial charge < -0.3 is 10.6 Å². The van der Waals surface area contributed by atoms with E-state index in [1.807, 2.05) is 18.2 Å². The first-order chi connectivity index (χ1) is 13.9. The van der Waals surface area contributed by atoms with Crippen LogP contribution in [0.1, 0.15) is 42.5 Å². The maximum absolute atomic E-state index is 13.0. The number of imide groups is 1. The molecule has 2 aromatic rings. The quantitative estimate of drug-likeness (QED) is 0.757. The zero-order chi connectivity index (χ0) is 20.6. The molecule has 2 aromatic carbocycles. The molecule has 6 nitrogen and oxygen atoms in total. The van der Waals surface area contributed by atoms with Crippen molar-refractivity contribution in [2.24, 2.45) is 0 Å². The van der Waals surface area contributed by atoms with Gasteiger partial charge >= 0.3 is 6.03 Å². The highest BCUT2D eigenvalue weighted by Gasteiger charge is 2.50. The Balaban J connectivity index is 1.49. The molecule has 0 radical (unpaired) electrons. The van der Waals surface area contributed by atoms with E-state index in [0.29, 0.717) is 10.6 Å². The fourth-order valence-corrected chi connectivity index (χ4v) is 4.50. The van der Waals surface area contributed by atoms with Crippen molar-refractivity contribution in [1.82, 2.24) is 15.5 Å². The summed E-state index contributed by atoms with van der Waals surface area (Å²) < 4.78 is 0. The number of halogens is 1. The first kappa shape index (κ1) is 19.5. The van der Waals surface area contributed by atoms with Gasteiger partial charge in [-0.1, -0.05) is 54.1 Å². The molecule has 1 heterocycles. The molecule has 150 valence electrons. The van der Waals surface area contributed by atoms with Gasteiger partial charge in [0.25, 0.3) is 5.91 Å². The zero-order valence-electron chi connectivity index (χ0n) is 16.1. The second-order valence-corrected chi connectivity index (χ2v) is 8.04. The minimum Gasteiger partial charge on any atom is -0.348 e. The molecule has 1 fully saturated rings. The van der Waals surface area contributed by atoms with Crippen molar-refractivity contribution < 1.29 is 14.4 Å². The molecule has 2 N–H and O–H groups in total. The summed E-state index contributed by atoms with van der Waals surface area (Å²) in [4.78, 5) is 39.1. The molecular formula is C22H22ClN3O3. The van der Waals surface area contributed by atoms with Crippen LogP contribution >= 0.6 is 11.6 Å². The van der Waals surface area contributed by atoms with Crippen molar-refractivity contribution in [1.29, 1.82) is 0 Å². The van der Waals surface area contributed by atoms with E-state index >= 15 is 0 Å². The van der Waals surface area contributed by atoms with Gasteiger partial charge in [-0.25, -0.2) is 4.79 Å². The standard InChI is InChI=1S/C22H22ClN3O3/c1-22(16-10-4-5-11-17(16)23)20(28)26(21(29)25-22)13-19(27)24-18-12-6-8-14-7-2-3-9-15(14)18/h2-5,7,9-11,18H,6,8,12-13H2,1H3,(H,24,27)(H,25,29). The molecule has 0 aromatic heterocycles. The number of hydrogen-bond donors (Lipinski definition) is 2. The summed E-state index contributed by atoms with van der Waals surface area (Å²) in [7, 11) is 0. The maximum Gasteiger partial charge on any atom is 0.325 e. The molecule has 1 aliphatic carbocycles. The Labute approximate surface area is 174 Å². The predicted molar refractivity (Wildman–Crippen MR) is 109 cm³/mol. The summed E-state index contributed by atoms with van der Waals surface area (Å²) in [6, 6.07) is 14.2. The minimum absolute atomic E-state index is 0.108. The Morgan fingerprint density at radius 2 is 1.93 bits per heavy atom. The summed E-state index contributed by atoms with van der Waals surface area (Å²) in [6.07, 6.45) is 2.81. The van der Waals surface area contributed by atoms with Gasteiger partial charge in [0.2, 0.25) is 5.91 Å². The van der Waals surface area contributed by atoms with Gasteiger partial charge in [-0.05, 0) is 43.4 Å². The largest absolute Gasteiger partial charge is 0.348 e. The molecule has 2 atom stereocenters. The summed E-state index contributed by atoms with van der Waals surface area (Å²) in [5.74, 6) is -0.853. The van der Waals surface area contributed by atoms with Crippen LogP contribution in [0.2, 0.25) is 5.02 Å². The number of amides is 4. The maximum atomic E-state index is 13.0. The molecule has 29 heavy (non-hydrogen) atoms. The molecule has 7 heteroatoms. The van der Waals surface area contributed by atoms with Crippen LogP contribution in [0.25, 0.3) is 0 Å². The van der Waals surface area contributed by atoms with Gasteiger partial charge in [0.05, 0.1) is 6.04 Å². The van der Waals surface area contributed by atoms with Crippen LogP contribution < -0.4 is 10.6 Å². The molecule has 4 amide bonds. The van der Waals surface area contributed by atoms with E-state index in [2.05, 4.69) is 16.7 Å². The third-order valence-electron chi connectivity index (χ3n) is 5.69. The summed E-state index contributed by atoms with van der Waals surface area (Å²) in [6.45, 7) is 1.27. The van der Waals surface area contributed by atoms with Crippen LogP contribution in [0.15, 0.2) is 48.5 Å². The number of hydrogen-bond acceptors (Lipinski definition) is 3. The first-order valence-electron chi connectivity index (χ1n) is 9.66. The number of nitrogens with one attached hydrogen (secondary N) is 2. The molecule has 0 spiro atoms. The molecule has 0 saturated carbocycles. The van der Waals surface area contributed by atoms with Crippen LogP contribution in [0.5, 0.6) is 0 Å².